The molecule has 108 valence electrons. The fraction of sp³-hybridized carbons (Fsp3) is 0.529. The smallest absolute Gasteiger partial charge is 0.0613 e. The minimum atomic E-state index is -0.0600. The van der Waals surface area contributed by atoms with Crippen molar-refractivity contribution in [2.75, 3.05) is 6.61 Å². The molecule has 0 amide bonds. The highest BCUT2D eigenvalue weighted by molar-refractivity contribution is 7.17. The van der Waals surface area contributed by atoms with Crippen molar-refractivity contribution in [3.05, 3.63) is 35.2 Å². The first kappa shape index (κ1) is 14.1. The van der Waals surface area contributed by atoms with Crippen molar-refractivity contribution in [1.29, 1.82) is 0 Å². The van der Waals surface area contributed by atoms with Crippen molar-refractivity contribution in [3.8, 4) is 0 Å². The summed E-state index contributed by atoms with van der Waals surface area (Å²) in [6.45, 7) is 3.43. The number of rotatable bonds is 4. The van der Waals surface area contributed by atoms with Gasteiger partial charge in [0.15, 0.2) is 0 Å². The molecule has 1 fully saturated rings. The zero-order chi connectivity index (χ0) is 14.0. The fourth-order valence-electron chi connectivity index (χ4n) is 3.16. The van der Waals surface area contributed by atoms with Crippen LogP contribution in [0.4, 0.5) is 0 Å². The Bertz CT molecular complexity index is 569. The van der Waals surface area contributed by atoms with Crippen LogP contribution in [0.1, 0.15) is 38.2 Å². The summed E-state index contributed by atoms with van der Waals surface area (Å²) < 4.78 is 1.35. The second kappa shape index (κ2) is 5.84. The third-order valence-corrected chi connectivity index (χ3v) is 5.76. The predicted octanol–water partition coefficient (Wildman–Crippen LogP) is 3.93. The van der Waals surface area contributed by atoms with E-state index in [0.29, 0.717) is 0 Å². The highest BCUT2D eigenvalue weighted by Crippen LogP contribution is 2.33. The van der Waals surface area contributed by atoms with Crippen molar-refractivity contribution < 1.29 is 5.11 Å². The number of aliphatic hydroxyl groups is 1. The summed E-state index contributed by atoms with van der Waals surface area (Å²) in [6.07, 6.45) is 4.62. The second-order valence-electron chi connectivity index (χ2n) is 6.23. The Kier molecular flexibility index (Phi) is 4.11. The van der Waals surface area contributed by atoms with Gasteiger partial charge in [0.2, 0.25) is 0 Å². The van der Waals surface area contributed by atoms with Gasteiger partial charge in [-0.05, 0) is 54.0 Å². The molecule has 1 aromatic carbocycles. The third-order valence-electron chi connectivity index (χ3n) is 4.75. The average Bonchev–Trinajstić information content (AvgIpc) is 2.91. The Labute approximate surface area is 124 Å². The van der Waals surface area contributed by atoms with Crippen molar-refractivity contribution in [3.63, 3.8) is 0 Å². The lowest BCUT2D eigenvalue weighted by atomic mass is 9.77. The molecular formula is C17H23NOS. The van der Waals surface area contributed by atoms with Gasteiger partial charge in [0.1, 0.15) is 0 Å². The normalized spacial score (nSPS) is 27.0. The van der Waals surface area contributed by atoms with Crippen LogP contribution in [0.2, 0.25) is 0 Å². The molecule has 0 aliphatic heterocycles. The molecule has 1 aliphatic rings. The minimum absolute atomic E-state index is 0.0600. The summed E-state index contributed by atoms with van der Waals surface area (Å²) in [5.41, 5.74) is 1.30. The van der Waals surface area contributed by atoms with Crippen LogP contribution in [0, 0.1) is 5.92 Å². The maximum atomic E-state index is 9.81. The van der Waals surface area contributed by atoms with E-state index in [1.807, 2.05) is 0 Å². The van der Waals surface area contributed by atoms with E-state index < -0.39 is 0 Å². The lowest BCUT2D eigenvalue weighted by Crippen LogP contribution is -2.50. The lowest BCUT2D eigenvalue weighted by Gasteiger charge is -2.39. The van der Waals surface area contributed by atoms with E-state index in [9.17, 15) is 5.11 Å². The largest absolute Gasteiger partial charge is 0.394 e. The molecule has 2 aromatic rings. The molecule has 1 aliphatic carbocycles. The van der Waals surface area contributed by atoms with Gasteiger partial charge in [-0.2, -0.15) is 0 Å². The summed E-state index contributed by atoms with van der Waals surface area (Å²) in [6, 6.07) is 8.56. The molecule has 1 saturated carbocycles. The number of thiophene rings is 1. The van der Waals surface area contributed by atoms with E-state index in [-0.39, 0.29) is 12.1 Å². The van der Waals surface area contributed by atoms with E-state index >= 15 is 0 Å². The van der Waals surface area contributed by atoms with Crippen molar-refractivity contribution in [1.82, 2.24) is 5.32 Å². The number of benzene rings is 1. The molecule has 2 N–H and O–H groups in total. The van der Waals surface area contributed by atoms with Crippen LogP contribution in [0.15, 0.2) is 29.6 Å². The summed E-state index contributed by atoms with van der Waals surface area (Å²) in [4.78, 5) is 0. The molecule has 0 radical (unpaired) electrons. The van der Waals surface area contributed by atoms with Gasteiger partial charge in [-0.3, -0.25) is 0 Å². The van der Waals surface area contributed by atoms with Gasteiger partial charge in [-0.15, -0.1) is 11.3 Å². The van der Waals surface area contributed by atoms with Crippen LogP contribution in [-0.2, 0) is 6.54 Å². The van der Waals surface area contributed by atoms with E-state index in [0.717, 1.165) is 25.3 Å². The maximum absolute atomic E-state index is 9.81. The van der Waals surface area contributed by atoms with Crippen molar-refractivity contribution >= 4 is 21.4 Å². The molecule has 1 heterocycles. The van der Waals surface area contributed by atoms with E-state index in [2.05, 4.69) is 41.9 Å². The first-order valence-corrected chi connectivity index (χ1v) is 8.41. The molecule has 2 nitrogen and oxygen atoms in total. The van der Waals surface area contributed by atoms with Crippen molar-refractivity contribution in [2.45, 2.75) is 44.7 Å². The van der Waals surface area contributed by atoms with Gasteiger partial charge in [0.05, 0.1) is 6.61 Å². The molecule has 0 unspecified atom stereocenters. The van der Waals surface area contributed by atoms with Gasteiger partial charge in [0, 0.05) is 16.8 Å². The minimum Gasteiger partial charge on any atom is -0.394 e. The van der Waals surface area contributed by atoms with Gasteiger partial charge in [-0.1, -0.05) is 25.1 Å². The number of hydrogen-bond donors (Lipinski definition) is 2. The molecule has 3 heteroatoms. The molecule has 1 aromatic heterocycles. The maximum Gasteiger partial charge on any atom is 0.0613 e. The number of nitrogens with one attached hydrogen (secondary N) is 1. The zero-order valence-corrected chi connectivity index (χ0v) is 12.9. The first-order valence-electron chi connectivity index (χ1n) is 7.53. The summed E-state index contributed by atoms with van der Waals surface area (Å²) in [7, 11) is 0. The number of fused-ring (bicyclic) bond motifs is 1. The Morgan fingerprint density at radius 1 is 1.30 bits per heavy atom. The van der Waals surface area contributed by atoms with Crippen LogP contribution in [-0.4, -0.2) is 17.3 Å². The molecule has 20 heavy (non-hydrogen) atoms. The number of hydrogen-bond acceptors (Lipinski definition) is 3. The standard InChI is InChI=1S/C17H23NOS/c1-13-6-8-17(12-19,9-7-13)18-10-14-11-20-16-5-3-2-4-15(14)16/h2-5,11,13,18-19H,6-10,12H2,1H3. The van der Waals surface area contributed by atoms with Gasteiger partial charge in [0.25, 0.3) is 0 Å². The Balaban J connectivity index is 1.72. The Morgan fingerprint density at radius 2 is 2.05 bits per heavy atom. The van der Waals surface area contributed by atoms with E-state index in [1.165, 1.54) is 28.5 Å². The summed E-state index contributed by atoms with van der Waals surface area (Å²) in [5, 5.41) is 17.1. The third kappa shape index (κ3) is 2.76. The van der Waals surface area contributed by atoms with Crippen LogP contribution in [0.25, 0.3) is 10.1 Å². The average molecular weight is 289 g/mol. The van der Waals surface area contributed by atoms with Crippen LogP contribution >= 0.6 is 11.3 Å². The molecule has 0 spiro atoms. The van der Waals surface area contributed by atoms with Gasteiger partial charge < -0.3 is 10.4 Å². The fourth-order valence-corrected chi connectivity index (χ4v) is 4.12. The SMILES string of the molecule is CC1CCC(CO)(NCc2csc3ccccc23)CC1. The predicted molar refractivity (Wildman–Crippen MR) is 86.1 cm³/mol. The quantitative estimate of drug-likeness (QED) is 0.894. The molecule has 0 atom stereocenters. The first-order chi connectivity index (χ1) is 9.72. The molecule has 3 rings (SSSR count). The van der Waals surface area contributed by atoms with Crippen LogP contribution in [0.3, 0.4) is 0 Å². The number of aliphatic hydroxyl groups excluding tert-OH is 1. The lowest BCUT2D eigenvalue weighted by molar-refractivity contribution is 0.104. The topological polar surface area (TPSA) is 32.3 Å². The highest BCUT2D eigenvalue weighted by atomic mass is 32.1. The Hall–Kier alpha value is -0.900. The summed E-state index contributed by atoms with van der Waals surface area (Å²) >= 11 is 1.80. The highest BCUT2D eigenvalue weighted by Gasteiger charge is 2.33. The molecule has 0 bridgehead atoms. The second-order valence-corrected chi connectivity index (χ2v) is 7.14. The van der Waals surface area contributed by atoms with E-state index in [4.69, 9.17) is 0 Å². The van der Waals surface area contributed by atoms with Crippen LogP contribution < -0.4 is 5.32 Å². The van der Waals surface area contributed by atoms with Gasteiger partial charge >= 0.3 is 0 Å². The van der Waals surface area contributed by atoms with Gasteiger partial charge in [-0.25, -0.2) is 0 Å². The summed E-state index contributed by atoms with van der Waals surface area (Å²) in [5.74, 6) is 0.804. The Morgan fingerprint density at radius 3 is 2.80 bits per heavy atom. The van der Waals surface area contributed by atoms with E-state index in [1.54, 1.807) is 11.3 Å². The van der Waals surface area contributed by atoms with Crippen LogP contribution in [0.5, 0.6) is 0 Å². The monoisotopic (exact) mass is 289 g/mol. The molecule has 0 saturated heterocycles. The molecular weight excluding hydrogens is 266 g/mol. The zero-order valence-electron chi connectivity index (χ0n) is 12.1. The van der Waals surface area contributed by atoms with Crippen molar-refractivity contribution in [2.24, 2.45) is 5.92 Å².